The first-order chi connectivity index (χ1) is 23.2. The maximum Gasteiger partial charge on any atom is 0.335 e. The van der Waals surface area contributed by atoms with Crippen LogP contribution in [0.1, 0.15) is 135 Å². The van der Waals surface area contributed by atoms with Crippen molar-refractivity contribution in [3.8, 4) is 0 Å². The lowest BCUT2D eigenvalue weighted by molar-refractivity contribution is -0.225. The monoisotopic (exact) mass is 668 g/mol. The average molecular weight is 669 g/mol. The summed E-state index contributed by atoms with van der Waals surface area (Å²) >= 11 is 0. The van der Waals surface area contributed by atoms with Crippen molar-refractivity contribution in [1.29, 1.82) is 0 Å². The fourth-order valence-corrected chi connectivity index (χ4v) is 14.1. The summed E-state index contributed by atoms with van der Waals surface area (Å²) in [6, 6.07) is 7.62. The van der Waals surface area contributed by atoms with Crippen LogP contribution in [0.3, 0.4) is 0 Å². The van der Waals surface area contributed by atoms with Gasteiger partial charge in [0.2, 0.25) is 5.91 Å². The Kier molecular flexibility index (Phi) is 8.85. The lowest BCUT2D eigenvalue weighted by atomic mass is 9.32. The van der Waals surface area contributed by atoms with E-state index in [2.05, 4.69) is 64.4 Å². The van der Waals surface area contributed by atoms with Gasteiger partial charge in [-0.05, 0) is 157 Å². The minimum Gasteiger partial charge on any atom is -0.478 e. The fraction of sp³-hybridized carbons (Fsp3) is 0.727. The van der Waals surface area contributed by atoms with E-state index in [1.54, 1.807) is 12.1 Å². The summed E-state index contributed by atoms with van der Waals surface area (Å²) < 4.78 is 0. The van der Waals surface area contributed by atoms with Gasteiger partial charge in [-0.2, -0.15) is 0 Å². The molecule has 7 rings (SSSR count). The number of likely N-dealkylation sites (tertiary alicyclic amines) is 1. The number of carboxylic acid groups (broad SMARTS) is 1. The number of hydrogen-bond donors (Lipinski definition) is 2. The molecule has 1 saturated heterocycles. The highest BCUT2D eigenvalue weighted by molar-refractivity contribution is 5.88. The van der Waals surface area contributed by atoms with Crippen molar-refractivity contribution in [2.45, 2.75) is 119 Å². The highest BCUT2D eigenvalue weighted by Gasteiger charge is 2.70. The molecule has 0 spiro atoms. The van der Waals surface area contributed by atoms with E-state index in [0.29, 0.717) is 51.4 Å². The number of fused-ring (bicyclic) bond motifs is 7. The maximum atomic E-state index is 12.5. The van der Waals surface area contributed by atoms with Crippen LogP contribution in [-0.2, 0) is 4.79 Å². The predicted octanol–water partition coefficient (Wildman–Crippen LogP) is 9.64. The highest BCUT2D eigenvalue weighted by Crippen LogP contribution is 2.77. The first kappa shape index (κ1) is 35.0. The number of hydrogen-bond acceptors (Lipinski definition) is 3. The zero-order valence-corrected chi connectivity index (χ0v) is 31.5. The quantitative estimate of drug-likeness (QED) is 0.214. The fourth-order valence-electron chi connectivity index (χ4n) is 14.1. The second-order valence-corrected chi connectivity index (χ2v) is 19.0. The van der Waals surface area contributed by atoms with Gasteiger partial charge >= 0.3 is 5.97 Å². The molecule has 5 nitrogen and oxygen atoms in total. The Balaban J connectivity index is 1.14. The summed E-state index contributed by atoms with van der Waals surface area (Å²) in [5.41, 5.74) is 5.60. The van der Waals surface area contributed by atoms with Gasteiger partial charge < -0.3 is 15.3 Å². The van der Waals surface area contributed by atoms with E-state index in [1.165, 1.54) is 68.1 Å². The molecule has 1 amide bonds. The predicted molar refractivity (Wildman–Crippen MR) is 199 cm³/mol. The van der Waals surface area contributed by atoms with Gasteiger partial charge in [0.1, 0.15) is 0 Å². The minimum atomic E-state index is -0.861. The van der Waals surface area contributed by atoms with Gasteiger partial charge in [-0.3, -0.25) is 4.79 Å². The number of piperidine rings is 1. The van der Waals surface area contributed by atoms with Crippen LogP contribution in [0.25, 0.3) is 5.57 Å². The zero-order valence-electron chi connectivity index (χ0n) is 31.5. The third kappa shape index (κ3) is 5.32. The Morgan fingerprint density at radius 1 is 0.939 bits per heavy atom. The summed E-state index contributed by atoms with van der Waals surface area (Å²) in [6.07, 6.45) is 17.1. The van der Waals surface area contributed by atoms with Gasteiger partial charge in [-0.15, -0.1) is 0 Å². The first-order valence-electron chi connectivity index (χ1n) is 19.9. The van der Waals surface area contributed by atoms with Crippen LogP contribution in [-0.4, -0.2) is 48.1 Å². The molecule has 0 aromatic heterocycles. The molecule has 268 valence electrons. The summed E-state index contributed by atoms with van der Waals surface area (Å²) in [4.78, 5) is 26.1. The molecule has 0 radical (unpaired) electrons. The lowest BCUT2D eigenvalue weighted by Gasteiger charge is -2.72. The number of benzene rings is 1. The van der Waals surface area contributed by atoms with Crippen molar-refractivity contribution in [2.24, 2.45) is 56.7 Å². The van der Waals surface area contributed by atoms with Crippen molar-refractivity contribution in [3.05, 3.63) is 53.6 Å². The van der Waals surface area contributed by atoms with Crippen molar-refractivity contribution in [2.75, 3.05) is 26.2 Å². The summed E-state index contributed by atoms with van der Waals surface area (Å²) in [6.45, 7) is 23.8. The van der Waals surface area contributed by atoms with Gasteiger partial charge in [-0.1, -0.05) is 65.0 Å². The van der Waals surface area contributed by atoms with Crippen LogP contribution in [0.2, 0.25) is 0 Å². The molecule has 5 fully saturated rings. The van der Waals surface area contributed by atoms with E-state index >= 15 is 0 Å². The number of nitrogens with zero attached hydrogens (tertiary/aromatic N) is 1. The molecule has 1 aromatic rings. The van der Waals surface area contributed by atoms with E-state index in [-0.39, 0.29) is 10.8 Å². The molecule has 4 saturated carbocycles. The van der Waals surface area contributed by atoms with Crippen LogP contribution in [0.4, 0.5) is 0 Å². The Morgan fingerprint density at radius 3 is 2.39 bits per heavy atom. The van der Waals surface area contributed by atoms with E-state index in [4.69, 9.17) is 0 Å². The normalized spacial score (nSPS) is 41.2. The number of nitrogens with one attached hydrogen (secondary N) is 1. The topological polar surface area (TPSA) is 69.6 Å². The second kappa shape index (κ2) is 12.4. The SMILES string of the molecule is C=C(C)[C@@H]1CC[C@]2(CNCCN3CCCCC3=O)CC[C@]3(C)[C@H](CC[C@@H]4[C@@]5(C)CC=C(c6ccc(C(=O)O)cc6)C(C)(C)[C@@H]5CC[C@]43C)[C@@H]12. The van der Waals surface area contributed by atoms with Crippen LogP contribution in [0, 0.1) is 56.7 Å². The third-order valence-electron chi connectivity index (χ3n) is 16.7. The van der Waals surface area contributed by atoms with Crippen LogP contribution >= 0.6 is 0 Å². The molecular weight excluding hydrogens is 604 g/mol. The molecule has 5 aliphatic carbocycles. The number of carbonyl (C=O) groups is 2. The summed E-state index contributed by atoms with van der Waals surface area (Å²) in [7, 11) is 0. The molecule has 1 heterocycles. The highest BCUT2D eigenvalue weighted by atomic mass is 16.4. The molecule has 1 aromatic carbocycles. The van der Waals surface area contributed by atoms with Crippen LogP contribution < -0.4 is 5.32 Å². The Bertz CT molecular complexity index is 1510. The number of aromatic carboxylic acids is 1. The smallest absolute Gasteiger partial charge is 0.335 e. The Hall–Kier alpha value is -2.40. The number of allylic oxidation sites excluding steroid dienone is 3. The molecular formula is C44H64N2O3. The van der Waals surface area contributed by atoms with Crippen LogP contribution in [0.5, 0.6) is 0 Å². The minimum absolute atomic E-state index is 0.0273. The summed E-state index contributed by atoms with van der Waals surface area (Å²) in [5, 5.41) is 13.4. The molecule has 49 heavy (non-hydrogen) atoms. The third-order valence-corrected chi connectivity index (χ3v) is 16.7. The van der Waals surface area contributed by atoms with Crippen LogP contribution in [0.15, 0.2) is 42.5 Å². The molecule has 6 aliphatic rings. The van der Waals surface area contributed by atoms with E-state index in [0.717, 1.165) is 57.8 Å². The molecule has 1 aliphatic heterocycles. The van der Waals surface area contributed by atoms with Gasteiger partial charge in [0.05, 0.1) is 5.56 Å². The Labute approximate surface area is 296 Å². The number of amides is 1. The average Bonchev–Trinajstić information content (AvgIpc) is 3.44. The second-order valence-electron chi connectivity index (χ2n) is 19.0. The van der Waals surface area contributed by atoms with E-state index in [9.17, 15) is 14.7 Å². The van der Waals surface area contributed by atoms with Gasteiger partial charge in [0.25, 0.3) is 0 Å². The van der Waals surface area contributed by atoms with Gasteiger partial charge in [0, 0.05) is 32.6 Å². The maximum absolute atomic E-state index is 12.5. The lowest BCUT2D eigenvalue weighted by Crippen LogP contribution is -2.65. The Morgan fingerprint density at radius 2 is 1.69 bits per heavy atom. The van der Waals surface area contributed by atoms with E-state index in [1.807, 2.05) is 12.1 Å². The zero-order chi connectivity index (χ0) is 35.0. The molecule has 2 N–H and O–H groups in total. The van der Waals surface area contributed by atoms with Gasteiger partial charge in [-0.25, -0.2) is 4.79 Å². The first-order valence-corrected chi connectivity index (χ1v) is 19.9. The standard InChI is InChI=1S/C44H64N2O3/c1-29(2)32-17-22-44(28-45-25-27-46-26-9-8-10-37(46)47)24-23-42(6)34(38(32)44)15-16-36-41(5)20-18-33(30-11-13-31(14-12-30)39(48)49)40(3,4)35(41)19-21-43(36,42)7/h11-14,18,32,34-36,38,45H,1,8-10,15-17,19-28H2,2-7H3,(H,48,49)/t32-,34+,35-,36+,38+,41-,42+,43+,44+/m0/s1. The molecule has 0 unspecified atom stereocenters. The van der Waals surface area contributed by atoms with Crippen molar-refractivity contribution >= 4 is 17.4 Å². The molecule has 0 bridgehead atoms. The van der Waals surface area contributed by atoms with E-state index < -0.39 is 5.97 Å². The van der Waals surface area contributed by atoms with Crippen molar-refractivity contribution in [3.63, 3.8) is 0 Å². The number of rotatable bonds is 8. The molecule has 9 atom stereocenters. The summed E-state index contributed by atoms with van der Waals surface area (Å²) in [5.74, 6) is 2.83. The van der Waals surface area contributed by atoms with Gasteiger partial charge in [0.15, 0.2) is 0 Å². The largest absolute Gasteiger partial charge is 0.478 e. The van der Waals surface area contributed by atoms with Crippen molar-refractivity contribution < 1.29 is 14.7 Å². The van der Waals surface area contributed by atoms with Crippen molar-refractivity contribution in [1.82, 2.24) is 10.2 Å². The number of carbonyl (C=O) groups excluding carboxylic acids is 1. The molecule has 5 heteroatoms. The number of carboxylic acids is 1.